The molecule has 142 valence electrons. The van der Waals surface area contributed by atoms with Crippen molar-refractivity contribution in [3.05, 3.63) is 77.6 Å². The minimum Gasteiger partial charge on any atom is -0.493 e. The van der Waals surface area contributed by atoms with Gasteiger partial charge < -0.3 is 14.4 Å². The molecule has 4 nitrogen and oxygen atoms in total. The summed E-state index contributed by atoms with van der Waals surface area (Å²) in [6, 6.07) is 15.2. The van der Waals surface area contributed by atoms with Gasteiger partial charge in [0, 0.05) is 25.6 Å². The lowest BCUT2D eigenvalue weighted by molar-refractivity contribution is -0.274. The second-order valence-corrected chi connectivity index (χ2v) is 6.09. The van der Waals surface area contributed by atoms with Gasteiger partial charge in [-0.25, -0.2) is 0 Å². The molecule has 0 bridgehead atoms. The van der Waals surface area contributed by atoms with Gasteiger partial charge in [-0.2, -0.15) is 0 Å². The molecule has 0 radical (unpaired) electrons. The highest BCUT2D eigenvalue weighted by atomic mass is 19.4. The van der Waals surface area contributed by atoms with E-state index in [-0.39, 0.29) is 11.7 Å². The van der Waals surface area contributed by atoms with Gasteiger partial charge in [0.1, 0.15) is 18.1 Å². The number of alkyl halides is 3. The summed E-state index contributed by atoms with van der Waals surface area (Å²) in [7, 11) is 0. The summed E-state index contributed by atoms with van der Waals surface area (Å²) in [6.07, 6.45) is -2.66. The Kier molecular flexibility index (Phi) is 5.69. The van der Waals surface area contributed by atoms with Crippen molar-refractivity contribution in [2.24, 2.45) is 0 Å². The molecule has 0 aliphatic carbocycles. The molecule has 0 aromatic heterocycles. The third-order valence-corrected chi connectivity index (χ3v) is 4.02. The van der Waals surface area contributed by atoms with Gasteiger partial charge in [-0.05, 0) is 23.3 Å². The molecule has 1 heterocycles. The first-order valence-electron chi connectivity index (χ1n) is 8.40. The first-order valence-corrected chi connectivity index (χ1v) is 8.40. The van der Waals surface area contributed by atoms with E-state index in [0.29, 0.717) is 31.9 Å². The predicted octanol–water partition coefficient (Wildman–Crippen LogP) is 4.42. The highest BCUT2D eigenvalue weighted by molar-refractivity contribution is 5.88. The quantitative estimate of drug-likeness (QED) is 0.748. The van der Waals surface area contributed by atoms with E-state index in [1.807, 2.05) is 30.3 Å². The van der Waals surface area contributed by atoms with Crippen LogP contribution in [0.4, 0.5) is 13.2 Å². The lowest BCUT2D eigenvalue weighted by Crippen LogP contribution is -2.33. The predicted molar refractivity (Wildman–Crippen MR) is 92.5 cm³/mol. The molecule has 0 N–H and O–H groups in total. The van der Waals surface area contributed by atoms with E-state index < -0.39 is 6.36 Å². The van der Waals surface area contributed by atoms with Crippen molar-refractivity contribution in [1.29, 1.82) is 0 Å². The van der Waals surface area contributed by atoms with E-state index >= 15 is 0 Å². The van der Waals surface area contributed by atoms with Gasteiger partial charge in [0.2, 0.25) is 5.91 Å². The summed E-state index contributed by atoms with van der Waals surface area (Å²) >= 11 is 0. The zero-order valence-electron chi connectivity index (χ0n) is 14.4. The van der Waals surface area contributed by atoms with Gasteiger partial charge in [-0.15, -0.1) is 13.2 Å². The van der Waals surface area contributed by atoms with Crippen LogP contribution < -0.4 is 4.74 Å². The Bertz CT molecular complexity index is 801. The van der Waals surface area contributed by atoms with Crippen LogP contribution in [-0.4, -0.2) is 23.7 Å². The number of benzene rings is 2. The van der Waals surface area contributed by atoms with Crippen molar-refractivity contribution in [1.82, 2.24) is 4.90 Å². The van der Waals surface area contributed by atoms with Gasteiger partial charge in [-0.1, -0.05) is 42.5 Å². The summed E-state index contributed by atoms with van der Waals surface area (Å²) in [5.41, 5.74) is 1.74. The maximum atomic E-state index is 12.3. The van der Waals surface area contributed by atoms with Crippen molar-refractivity contribution in [3.63, 3.8) is 0 Å². The van der Waals surface area contributed by atoms with Crippen LogP contribution in [0.15, 0.2) is 66.4 Å². The van der Waals surface area contributed by atoms with Crippen LogP contribution in [0.25, 0.3) is 0 Å². The molecule has 0 saturated heterocycles. The monoisotopic (exact) mass is 377 g/mol. The fraction of sp³-hybridized carbons (Fsp3) is 0.250. The van der Waals surface area contributed by atoms with Crippen LogP contribution in [0.2, 0.25) is 0 Å². The van der Waals surface area contributed by atoms with Crippen LogP contribution in [-0.2, 0) is 22.7 Å². The van der Waals surface area contributed by atoms with Crippen LogP contribution in [0.5, 0.6) is 5.75 Å². The fourth-order valence-electron chi connectivity index (χ4n) is 2.69. The molecule has 27 heavy (non-hydrogen) atoms. The zero-order chi connectivity index (χ0) is 19.3. The number of amides is 1. The molecule has 0 saturated carbocycles. The number of nitrogens with zero attached hydrogens (tertiary/aromatic N) is 1. The Balaban J connectivity index is 1.53. The first kappa shape index (κ1) is 18.8. The summed E-state index contributed by atoms with van der Waals surface area (Å²) in [4.78, 5) is 13.9. The molecular weight excluding hydrogens is 359 g/mol. The van der Waals surface area contributed by atoms with E-state index in [1.165, 1.54) is 30.3 Å². The van der Waals surface area contributed by atoms with Crippen molar-refractivity contribution in [3.8, 4) is 5.75 Å². The summed E-state index contributed by atoms with van der Waals surface area (Å²) in [5, 5.41) is 0. The summed E-state index contributed by atoms with van der Waals surface area (Å²) < 4.78 is 46.1. The lowest BCUT2D eigenvalue weighted by atomic mass is 10.1. The molecule has 3 rings (SSSR count). The fourth-order valence-corrected chi connectivity index (χ4v) is 2.69. The van der Waals surface area contributed by atoms with E-state index in [9.17, 15) is 18.0 Å². The van der Waals surface area contributed by atoms with Gasteiger partial charge in [0.15, 0.2) is 0 Å². The van der Waals surface area contributed by atoms with Crippen molar-refractivity contribution >= 4 is 5.91 Å². The number of hydrogen-bond acceptors (Lipinski definition) is 3. The van der Waals surface area contributed by atoms with Crippen molar-refractivity contribution in [2.75, 3.05) is 6.54 Å². The Morgan fingerprint density at radius 2 is 1.67 bits per heavy atom. The smallest absolute Gasteiger partial charge is 0.493 e. The molecular formula is C20H18F3NO3. The number of ether oxygens (including phenoxy) is 2. The van der Waals surface area contributed by atoms with Gasteiger partial charge in [0.05, 0.1) is 0 Å². The van der Waals surface area contributed by atoms with Crippen LogP contribution >= 0.6 is 0 Å². The molecule has 0 spiro atoms. The third kappa shape index (κ3) is 5.77. The van der Waals surface area contributed by atoms with Gasteiger partial charge >= 0.3 is 6.36 Å². The second-order valence-electron chi connectivity index (χ2n) is 6.09. The number of hydrogen-bond donors (Lipinski definition) is 0. The molecule has 0 fully saturated rings. The van der Waals surface area contributed by atoms with E-state index in [2.05, 4.69) is 4.74 Å². The standard InChI is InChI=1S/C20H18F3NO3/c21-20(22,23)27-17-8-6-15(7-9-17)13-24-11-10-18(12-19(24)25)26-14-16-4-2-1-3-5-16/h1-9,12H,10-11,13-14H2. The van der Waals surface area contributed by atoms with Crippen LogP contribution in [0, 0.1) is 0 Å². The number of rotatable bonds is 6. The van der Waals surface area contributed by atoms with Crippen molar-refractivity contribution in [2.45, 2.75) is 25.9 Å². The zero-order valence-corrected chi connectivity index (χ0v) is 14.4. The average Bonchev–Trinajstić information content (AvgIpc) is 2.63. The Morgan fingerprint density at radius 1 is 0.963 bits per heavy atom. The molecule has 0 atom stereocenters. The Labute approximate surface area is 154 Å². The van der Waals surface area contributed by atoms with E-state index in [0.717, 1.165) is 11.1 Å². The van der Waals surface area contributed by atoms with E-state index in [4.69, 9.17) is 4.74 Å². The largest absolute Gasteiger partial charge is 0.573 e. The van der Waals surface area contributed by atoms with Crippen LogP contribution in [0.1, 0.15) is 17.5 Å². The highest BCUT2D eigenvalue weighted by Gasteiger charge is 2.31. The van der Waals surface area contributed by atoms with Gasteiger partial charge in [0.25, 0.3) is 0 Å². The minimum atomic E-state index is -4.72. The van der Waals surface area contributed by atoms with E-state index in [1.54, 1.807) is 4.90 Å². The first-order chi connectivity index (χ1) is 12.9. The molecule has 1 aliphatic heterocycles. The topological polar surface area (TPSA) is 38.8 Å². The molecule has 7 heteroatoms. The normalized spacial score (nSPS) is 14.7. The molecule has 1 aliphatic rings. The Morgan fingerprint density at radius 3 is 2.30 bits per heavy atom. The molecule has 1 amide bonds. The third-order valence-electron chi connectivity index (χ3n) is 4.02. The molecule has 2 aromatic carbocycles. The van der Waals surface area contributed by atoms with Gasteiger partial charge in [-0.3, -0.25) is 4.79 Å². The summed E-state index contributed by atoms with van der Waals surface area (Å²) in [6.45, 7) is 1.20. The maximum absolute atomic E-state index is 12.3. The average molecular weight is 377 g/mol. The lowest BCUT2D eigenvalue weighted by Gasteiger charge is -2.26. The van der Waals surface area contributed by atoms with Crippen LogP contribution in [0.3, 0.4) is 0 Å². The second kappa shape index (κ2) is 8.16. The molecule has 0 unspecified atom stereocenters. The number of carbonyl (C=O) groups excluding carboxylic acids is 1. The SMILES string of the molecule is O=C1C=C(OCc2ccccc2)CCN1Cc1ccc(OC(F)(F)F)cc1. The molecule has 2 aromatic rings. The minimum absolute atomic E-state index is 0.181. The maximum Gasteiger partial charge on any atom is 0.573 e. The van der Waals surface area contributed by atoms with Crippen molar-refractivity contribution < 1.29 is 27.4 Å². The highest BCUT2D eigenvalue weighted by Crippen LogP contribution is 2.24. The number of halogens is 3. The Hall–Kier alpha value is -2.96. The summed E-state index contributed by atoms with van der Waals surface area (Å²) in [5.74, 6) is 0.168. The number of carbonyl (C=O) groups is 1.